The highest BCUT2D eigenvalue weighted by atomic mass is 19.4. The van der Waals surface area contributed by atoms with E-state index >= 15 is 0 Å². The summed E-state index contributed by atoms with van der Waals surface area (Å²) in [5.41, 5.74) is -0.928. The summed E-state index contributed by atoms with van der Waals surface area (Å²) in [7, 11) is 0. The van der Waals surface area contributed by atoms with Crippen molar-refractivity contribution < 1.29 is 18.0 Å². The fourth-order valence-corrected chi connectivity index (χ4v) is 1.06. The van der Waals surface area contributed by atoms with E-state index in [2.05, 4.69) is 4.98 Å². The molecule has 0 spiro atoms. The molecule has 14 heavy (non-hydrogen) atoms. The second kappa shape index (κ2) is 3.40. The second-order valence-electron chi connectivity index (χ2n) is 2.88. The van der Waals surface area contributed by atoms with Gasteiger partial charge in [0.1, 0.15) is 5.69 Å². The maximum absolute atomic E-state index is 12.3. The molecule has 1 aromatic rings. The Balaban J connectivity index is 3.21. The lowest BCUT2D eigenvalue weighted by molar-refractivity contribution is -0.138. The van der Waals surface area contributed by atoms with Crippen LogP contribution in [0.5, 0.6) is 0 Å². The monoisotopic (exact) mass is 203 g/mol. The summed E-state index contributed by atoms with van der Waals surface area (Å²) in [6, 6.07) is 1.96. The lowest BCUT2D eigenvalue weighted by atomic mass is 10.1. The number of hydrogen-bond acceptors (Lipinski definition) is 2. The second-order valence-corrected chi connectivity index (χ2v) is 2.88. The largest absolute Gasteiger partial charge is 0.418 e. The van der Waals surface area contributed by atoms with Crippen LogP contribution in [-0.2, 0) is 6.18 Å². The smallest absolute Gasteiger partial charge is 0.293 e. The van der Waals surface area contributed by atoms with Crippen molar-refractivity contribution in [2.45, 2.75) is 20.0 Å². The van der Waals surface area contributed by atoms with Gasteiger partial charge in [0.2, 0.25) is 0 Å². The molecule has 0 aliphatic rings. The summed E-state index contributed by atoms with van der Waals surface area (Å²) in [5, 5.41) is 0. The molecule has 0 aliphatic heterocycles. The molecule has 0 amide bonds. The van der Waals surface area contributed by atoms with Crippen molar-refractivity contribution >= 4 is 5.78 Å². The molecule has 2 nitrogen and oxygen atoms in total. The molecule has 0 saturated carbocycles. The quantitative estimate of drug-likeness (QED) is 0.656. The van der Waals surface area contributed by atoms with Crippen LogP contribution in [0.15, 0.2) is 12.1 Å². The maximum Gasteiger partial charge on any atom is 0.418 e. The molecule has 5 heteroatoms. The molecule has 0 radical (unpaired) electrons. The summed E-state index contributed by atoms with van der Waals surface area (Å²) in [6.07, 6.45) is -4.41. The van der Waals surface area contributed by atoms with Crippen LogP contribution in [0, 0.1) is 6.92 Å². The Morgan fingerprint density at radius 1 is 1.36 bits per heavy atom. The number of carbonyl (C=O) groups is 1. The summed E-state index contributed by atoms with van der Waals surface area (Å²) < 4.78 is 36.8. The molecule has 0 N–H and O–H groups in total. The van der Waals surface area contributed by atoms with Crippen LogP contribution in [-0.4, -0.2) is 10.8 Å². The van der Waals surface area contributed by atoms with Gasteiger partial charge in [-0.05, 0) is 19.1 Å². The Bertz CT molecular complexity index is 371. The van der Waals surface area contributed by atoms with Crippen molar-refractivity contribution in [2.24, 2.45) is 0 Å². The number of aryl methyl sites for hydroxylation is 1. The van der Waals surface area contributed by atoms with Gasteiger partial charge in [-0.1, -0.05) is 0 Å². The zero-order valence-corrected chi connectivity index (χ0v) is 7.64. The number of nitrogens with zero attached hydrogens (tertiary/aromatic N) is 1. The molecule has 1 heterocycles. The number of ketones is 1. The average molecular weight is 203 g/mol. The van der Waals surface area contributed by atoms with E-state index in [-0.39, 0.29) is 17.2 Å². The van der Waals surface area contributed by atoms with Gasteiger partial charge in [-0.3, -0.25) is 4.79 Å². The van der Waals surface area contributed by atoms with Crippen molar-refractivity contribution in [1.82, 2.24) is 4.98 Å². The zero-order valence-electron chi connectivity index (χ0n) is 7.64. The Hall–Kier alpha value is -1.39. The number of Topliss-reactive ketones (excluding diaryl/α,β-unsaturated/α-hetero) is 1. The fraction of sp³-hybridized carbons (Fsp3) is 0.333. The normalized spacial score (nSPS) is 11.5. The minimum absolute atomic E-state index is 0.0514. The van der Waals surface area contributed by atoms with Crippen LogP contribution in [0.1, 0.15) is 28.7 Å². The van der Waals surface area contributed by atoms with Gasteiger partial charge in [0.05, 0.1) is 11.3 Å². The first-order valence-corrected chi connectivity index (χ1v) is 3.88. The molecular formula is C9H8F3NO. The van der Waals surface area contributed by atoms with Crippen LogP contribution < -0.4 is 0 Å². The topological polar surface area (TPSA) is 30.0 Å². The summed E-state index contributed by atoms with van der Waals surface area (Å²) >= 11 is 0. The third kappa shape index (κ3) is 2.10. The lowest BCUT2D eigenvalue weighted by Crippen LogP contribution is -2.10. The molecule has 0 unspecified atom stereocenters. The number of alkyl halides is 3. The van der Waals surface area contributed by atoms with E-state index in [0.29, 0.717) is 0 Å². The first-order chi connectivity index (χ1) is 6.32. The van der Waals surface area contributed by atoms with Crippen molar-refractivity contribution in [3.05, 3.63) is 29.1 Å². The van der Waals surface area contributed by atoms with E-state index in [9.17, 15) is 18.0 Å². The third-order valence-electron chi connectivity index (χ3n) is 1.75. The molecule has 0 saturated heterocycles. The van der Waals surface area contributed by atoms with E-state index in [0.717, 1.165) is 12.1 Å². The van der Waals surface area contributed by atoms with Crippen LogP contribution in [0.2, 0.25) is 0 Å². The first kappa shape index (κ1) is 10.7. The lowest BCUT2D eigenvalue weighted by Gasteiger charge is -2.09. The minimum atomic E-state index is -4.41. The standard InChI is InChI=1S/C9H8F3NO/c1-5-7(9(10,11)12)3-4-8(13-5)6(2)14/h3-4H,1-2H3. The van der Waals surface area contributed by atoms with E-state index < -0.39 is 11.7 Å². The van der Waals surface area contributed by atoms with Gasteiger partial charge < -0.3 is 0 Å². The van der Waals surface area contributed by atoms with Crippen molar-refractivity contribution in [1.29, 1.82) is 0 Å². The van der Waals surface area contributed by atoms with Crippen LogP contribution in [0.3, 0.4) is 0 Å². The molecule has 0 aromatic carbocycles. The van der Waals surface area contributed by atoms with Gasteiger partial charge in [-0.25, -0.2) is 4.98 Å². The summed E-state index contributed by atoms with van der Waals surface area (Å²) in [4.78, 5) is 14.4. The van der Waals surface area contributed by atoms with Gasteiger partial charge in [0.15, 0.2) is 5.78 Å². The molecule has 0 bridgehead atoms. The summed E-state index contributed by atoms with van der Waals surface area (Å²) in [5.74, 6) is -0.346. The van der Waals surface area contributed by atoms with Crippen molar-refractivity contribution in [3.63, 3.8) is 0 Å². The Morgan fingerprint density at radius 2 is 1.93 bits per heavy atom. The van der Waals surface area contributed by atoms with E-state index in [1.807, 2.05) is 0 Å². The fourth-order valence-electron chi connectivity index (χ4n) is 1.06. The van der Waals surface area contributed by atoms with E-state index in [1.54, 1.807) is 0 Å². The molecule has 1 rings (SSSR count). The molecule has 0 fully saturated rings. The molecule has 0 aliphatic carbocycles. The summed E-state index contributed by atoms with van der Waals surface area (Å²) in [6.45, 7) is 2.49. The first-order valence-electron chi connectivity index (χ1n) is 3.88. The van der Waals surface area contributed by atoms with Crippen LogP contribution in [0.25, 0.3) is 0 Å². The van der Waals surface area contributed by atoms with Crippen molar-refractivity contribution in [3.8, 4) is 0 Å². The van der Waals surface area contributed by atoms with Crippen LogP contribution in [0.4, 0.5) is 13.2 Å². The van der Waals surface area contributed by atoms with Gasteiger partial charge in [0, 0.05) is 6.92 Å². The predicted octanol–water partition coefficient (Wildman–Crippen LogP) is 2.61. The van der Waals surface area contributed by atoms with E-state index in [4.69, 9.17) is 0 Å². The highest BCUT2D eigenvalue weighted by Crippen LogP contribution is 2.30. The number of hydrogen-bond donors (Lipinski definition) is 0. The van der Waals surface area contributed by atoms with Gasteiger partial charge in [-0.2, -0.15) is 13.2 Å². The third-order valence-corrected chi connectivity index (χ3v) is 1.75. The zero-order chi connectivity index (χ0) is 10.9. The number of rotatable bonds is 1. The number of halogens is 3. The predicted molar refractivity (Wildman–Crippen MR) is 44.0 cm³/mol. The minimum Gasteiger partial charge on any atom is -0.293 e. The molecular weight excluding hydrogens is 195 g/mol. The Kier molecular flexibility index (Phi) is 2.59. The van der Waals surface area contributed by atoms with Crippen LogP contribution >= 0.6 is 0 Å². The molecule has 0 atom stereocenters. The molecule has 1 aromatic heterocycles. The van der Waals surface area contributed by atoms with Crippen molar-refractivity contribution in [2.75, 3.05) is 0 Å². The highest BCUT2D eigenvalue weighted by Gasteiger charge is 2.33. The van der Waals surface area contributed by atoms with Gasteiger partial charge in [0.25, 0.3) is 0 Å². The Morgan fingerprint density at radius 3 is 2.29 bits per heavy atom. The molecule has 76 valence electrons. The van der Waals surface area contributed by atoms with Gasteiger partial charge >= 0.3 is 6.18 Å². The maximum atomic E-state index is 12.3. The number of aromatic nitrogens is 1. The number of carbonyl (C=O) groups excluding carboxylic acids is 1. The SMILES string of the molecule is CC(=O)c1ccc(C(F)(F)F)c(C)n1. The Labute approximate surface area is 78.8 Å². The number of pyridine rings is 1. The van der Waals surface area contributed by atoms with Gasteiger partial charge in [-0.15, -0.1) is 0 Å². The van der Waals surface area contributed by atoms with E-state index in [1.165, 1.54) is 13.8 Å². The highest BCUT2D eigenvalue weighted by molar-refractivity contribution is 5.92. The average Bonchev–Trinajstić information content (AvgIpc) is 2.01.